The van der Waals surface area contributed by atoms with Crippen LogP contribution < -0.4 is 4.74 Å². The summed E-state index contributed by atoms with van der Waals surface area (Å²) >= 11 is 0. The largest absolute Gasteiger partial charge is 0.490 e. The van der Waals surface area contributed by atoms with Crippen LogP contribution in [0.1, 0.15) is 40.0 Å². The van der Waals surface area contributed by atoms with Gasteiger partial charge in [-0.25, -0.2) is 9.50 Å². The van der Waals surface area contributed by atoms with Crippen LogP contribution in [0.3, 0.4) is 0 Å². The Kier molecular flexibility index (Phi) is 4.56. The molecule has 0 atom stereocenters. The number of amides is 1. The molecule has 0 unspecified atom stereocenters. The molecule has 27 heavy (non-hydrogen) atoms. The molecular weight excluding hydrogens is 340 g/mol. The van der Waals surface area contributed by atoms with Gasteiger partial charge in [0.2, 0.25) is 0 Å². The van der Waals surface area contributed by atoms with E-state index in [0.29, 0.717) is 30.0 Å². The summed E-state index contributed by atoms with van der Waals surface area (Å²) in [4.78, 5) is 19.3. The number of rotatable bonds is 3. The fraction of sp³-hybridized carbons (Fsp3) is 0.381. The highest BCUT2D eigenvalue weighted by Gasteiger charge is 2.28. The molecule has 6 heteroatoms. The van der Waals surface area contributed by atoms with Crippen LogP contribution in [0.25, 0.3) is 5.65 Å². The smallest absolute Gasteiger partial charge is 0.259 e. The minimum absolute atomic E-state index is 0.00540. The van der Waals surface area contributed by atoms with Crippen molar-refractivity contribution in [2.75, 3.05) is 13.1 Å². The number of carbonyl (C=O) groups excluding carboxylic acids is 1. The number of aryl methyl sites for hydroxylation is 3. The zero-order chi connectivity index (χ0) is 19.0. The van der Waals surface area contributed by atoms with Gasteiger partial charge in [0.05, 0.1) is 5.69 Å². The summed E-state index contributed by atoms with van der Waals surface area (Å²) in [7, 11) is 0. The third kappa shape index (κ3) is 3.39. The Morgan fingerprint density at radius 3 is 2.67 bits per heavy atom. The van der Waals surface area contributed by atoms with Gasteiger partial charge in [0.25, 0.3) is 5.91 Å². The van der Waals surface area contributed by atoms with E-state index in [1.807, 2.05) is 30.2 Å². The van der Waals surface area contributed by atoms with Crippen LogP contribution in [0.4, 0.5) is 0 Å². The van der Waals surface area contributed by atoms with Crippen molar-refractivity contribution < 1.29 is 9.53 Å². The molecule has 1 aliphatic rings. The Hall–Kier alpha value is -2.89. The minimum Gasteiger partial charge on any atom is -0.490 e. The van der Waals surface area contributed by atoms with E-state index in [1.54, 1.807) is 10.7 Å². The number of piperidine rings is 1. The molecule has 3 heterocycles. The summed E-state index contributed by atoms with van der Waals surface area (Å²) in [5.74, 6) is 0.913. The Balaban J connectivity index is 1.43. The molecule has 0 aliphatic carbocycles. The van der Waals surface area contributed by atoms with Crippen LogP contribution in [0, 0.1) is 20.8 Å². The molecule has 3 aromatic rings. The first kappa shape index (κ1) is 17.5. The summed E-state index contributed by atoms with van der Waals surface area (Å²) < 4.78 is 7.80. The minimum atomic E-state index is 0.00540. The van der Waals surface area contributed by atoms with Crippen LogP contribution in [-0.4, -0.2) is 44.6 Å². The van der Waals surface area contributed by atoms with E-state index < -0.39 is 0 Å². The van der Waals surface area contributed by atoms with Crippen molar-refractivity contribution >= 4 is 11.6 Å². The van der Waals surface area contributed by atoms with E-state index in [4.69, 9.17) is 4.74 Å². The fourth-order valence-electron chi connectivity index (χ4n) is 3.56. The van der Waals surface area contributed by atoms with E-state index in [1.165, 1.54) is 11.1 Å². The number of fused-ring (bicyclic) bond motifs is 1. The van der Waals surface area contributed by atoms with Crippen molar-refractivity contribution in [3.05, 3.63) is 59.0 Å². The van der Waals surface area contributed by atoms with Gasteiger partial charge in [-0.2, -0.15) is 5.10 Å². The van der Waals surface area contributed by atoms with Crippen molar-refractivity contribution in [2.45, 2.75) is 39.7 Å². The first-order valence-electron chi connectivity index (χ1n) is 9.36. The lowest BCUT2D eigenvalue weighted by Gasteiger charge is -2.32. The average Bonchev–Trinajstić information content (AvgIpc) is 3.00. The second kappa shape index (κ2) is 7.02. The topological polar surface area (TPSA) is 59.7 Å². The molecule has 140 valence electrons. The highest BCUT2D eigenvalue weighted by molar-refractivity contribution is 6.01. The maximum Gasteiger partial charge on any atom is 0.259 e. The number of carbonyl (C=O) groups is 1. The molecule has 1 fully saturated rings. The van der Waals surface area contributed by atoms with Crippen LogP contribution >= 0.6 is 0 Å². The average molecular weight is 364 g/mol. The zero-order valence-corrected chi connectivity index (χ0v) is 16.0. The molecule has 0 N–H and O–H groups in total. The first-order chi connectivity index (χ1) is 13.0. The summed E-state index contributed by atoms with van der Waals surface area (Å²) in [6.45, 7) is 7.41. The van der Waals surface area contributed by atoms with Crippen LogP contribution in [0.2, 0.25) is 0 Å². The van der Waals surface area contributed by atoms with Gasteiger partial charge in [-0.05, 0) is 50.1 Å². The van der Waals surface area contributed by atoms with E-state index in [9.17, 15) is 4.79 Å². The molecule has 0 spiro atoms. The lowest BCUT2D eigenvalue weighted by atomic mass is 10.1. The monoisotopic (exact) mass is 364 g/mol. The third-order valence-corrected chi connectivity index (χ3v) is 5.29. The highest BCUT2D eigenvalue weighted by atomic mass is 16.5. The van der Waals surface area contributed by atoms with Gasteiger partial charge in [-0.1, -0.05) is 6.07 Å². The van der Waals surface area contributed by atoms with Crippen LogP contribution in [-0.2, 0) is 0 Å². The van der Waals surface area contributed by atoms with E-state index in [-0.39, 0.29) is 12.0 Å². The summed E-state index contributed by atoms with van der Waals surface area (Å²) in [5, 5.41) is 4.40. The van der Waals surface area contributed by atoms with Gasteiger partial charge in [0, 0.05) is 38.3 Å². The third-order valence-electron chi connectivity index (χ3n) is 5.29. The number of likely N-dealkylation sites (tertiary alicyclic amines) is 1. The lowest BCUT2D eigenvalue weighted by molar-refractivity contribution is 0.0596. The normalized spacial score (nSPS) is 15.3. The predicted octanol–water partition coefficient (Wildman–Crippen LogP) is 3.34. The van der Waals surface area contributed by atoms with E-state index in [0.717, 1.165) is 18.6 Å². The van der Waals surface area contributed by atoms with Gasteiger partial charge >= 0.3 is 0 Å². The molecular formula is C21H24N4O2. The highest BCUT2D eigenvalue weighted by Crippen LogP contribution is 2.23. The number of aromatic nitrogens is 3. The standard InChI is InChI=1S/C21H24N4O2/c1-14-5-6-18(13-15(14)2)27-17-7-11-24(12-8-17)21(26)19-16(3)23-25-10-4-9-22-20(19)25/h4-6,9-10,13,17H,7-8,11-12H2,1-3H3. The molecule has 0 bridgehead atoms. The SMILES string of the molecule is Cc1ccc(OC2CCN(C(=O)c3c(C)nn4cccnc34)CC2)cc1C. The van der Waals surface area contributed by atoms with Gasteiger partial charge < -0.3 is 9.64 Å². The molecule has 1 saturated heterocycles. The molecule has 1 aliphatic heterocycles. The number of hydrogen-bond acceptors (Lipinski definition) is 4. The maximum absolute atomic E-state index is 13.0. The molecule has 6 nitrogen and oxygen atoms in total. The van der Waals surface area contributed by atoms with E-state index >= 15 is 0 Å². The molecule has 1 aromatic carbocycles. The first-order valence-corrected chi connectivity index (χ1v) is 9.36. The summed E-state index contributed by atoms with van der Waals surface area (Å²) in [6, 6.07) is 8.00. The number of ether oxygens (including phenoxy) is 1. The van der Waals surface area contributed by atoms with E-state index in [2.05, 4.69) is 36.1 Å². The Bertz CT molecular complexity index is 987. The predicted molar refractivity (Wildman–Crippen MR) is 103 cm³/mol. The van der Waals surface area contributed by atoms with Gasteiger partial charge in [-0.3, -0.25) is 4.79 Å². The Morgan fingerprint density at radius 1 is 1.15 bits per heavy atom. The quantitative estimate of drug-likeness (QED) is 0.715. The number of hydrogen-bond donors (Lipinski definition) is 0. The van der Waals surface area contributed by atoms with Crippen molar-refractivity contribution in [2.24, 2.45) is 0 Å². The van der Waals surface area contributed by atoms with Crippen molar-refractivity contribution in [3.63, 3.8) is 0 Å². The second-order valence-corrected chi connectivity index (χ2v) is 7.20. The zero-order valence-electron chi connectivity index (χ0n) is 16.0. The maximum atomic E-state index is 13.0. The van der Waals surface area contributed by atoms with Gasteiger partial charge in [0.15, 0.2) is 5.65 Å². The molecule has 2 aromatic heterocycles. The number of benzene rings is 1. The Labute approximate surface area is 158 Å². The fourth-order valence-corrected chi connectivity index (χ4v) is 3.56. The molecule has 0 radical (unpaired) electrons. The molecule has 1 amide bonds. The van der Waals surface area contributed by atoms with Crippen LogP contribution in [0.15, 0.2) is 36.7 Å². The van der Waals surface area contributed by atoms with Crippen molar-refractivity contribution in [1.29, 1.82) is 0 Å². The van der Waals surface area contributed by atoms with Gasteiger partial charge in [-0.15, -0.1) is 0 Å². The van der Waals surface area contributed by atoms with Gasteiger partial charge in [0.1, 0.15) is 17.4 Å². The second-order valence-electron chi connectivity index (χ2n) is 7.20. The molecule has 4 rings (SSSR count). The molecule has 0 saturated carbocycles. The Morgan fingerprint density at radius 2 is 1.93 bits per heavy atom. The number of nitrogens with zero attached hydrogens (tertiary/aromatic N) is 4. The van der Waals surface area contributed by atoms with Crippen LogP contribution in [0.5, 0.6) is 5.75 Å². The van der Waals surface area contributed by atoms with Crippen molar-refractivity contribution in [1.82, 2.24) is 19.5 Å². The lowest BCUT2D eigenvalue weighted by Crippen LogP contribution is -2.42. The van der Waals surface area contributed by atoms with Crippen molar-refractivity contribution in [3.8, 4) is 5.75 Å². The summed E-state index contributed by atoms with van der Waals surface area (Å²) in [6.07, 6.45) is 5.29. The summed E-state index contributed by atoms with van der Waals surface area (Å²) in [5.41, 5.74) is 4.43.